The first-order chi connectivity index (χ1) is 26.4. The van der Waals surface area contributed by atoms with Gasteiger partial charge in [0.05, 0.1) is 6.42 Å². The van der Waals surface area contributed by atoms with Gasteiger partial charge in [-0.25, -0.2) is 4.79 Å². The summed E-state index contributed by atoms with van der Waals surface area (Å²) >= 11 is 0. The number of carbonyl (C=O) groups excluding carboxylic acids is 6. The van der Waals surface area contributed by atoms with Crippen molar-refractivity contribution >= 4 is 47.6 Å². The van der Waals surface area contributed by atoms with Gasteiger partial charge in [-0.15, -0.1) is 0 Å². The standard InChI is InChI=1S/C38H42N6O12/c1-38(2,36(54)42-27(31(40)47)17-30(39)46)44-33(49)28(15-19-11-13-20(45)14-12-19)41-32(48)29(16-25(34(50)51)35(52)53)43-37(55)56-18-26-23-9-5-3-7-21(23)22-8-4-6-10-24(22)26/h3-14,25-29,45H,15-18H2,1-2H3,(H2,39,46)(H2,40,47)(H,41,48)(H,42,54)(H,43,55)(H,44,49)(H,50,51)(H,52,53)/t27-,28-,29-/m0/s1. The average Bonchev–Trinajstić information content (AvgIpc) is 3.45. The summed E-state index contributed by atoms with van der Waals surface area (Å²) in [5, 5.41) is 38.3. The highest BCUT2D eigenvalue weighted by Gasteiger charge is 2.38. The number of carboxylic acids is 2. The Morgan fingerprint density at radius 1 is 0.732 bits per heavy atom. The molecule has 1 aliphatic carbocycles. The van der Waals surface area contributed by atoms with Gasteiger partial charge >= 0.3 is 18.0 Å². The molecule has 3 aromatic rings. The fourth-order valence-electron chi connectivity index (χ4n) is 6.12. The first kappa shape index (κ1) is 41.8. The van der Waals surface area contributed by atoms with Gasteiger partial charge in [0.1, 0.15) is 36.0 Å². The second kappa shape index (κ2) is 17.9. The molecule has 18 heteroatoms. The highest BCUT2D eigenvalue weighted by atomic mass is 16.5. The van der Waals surface area contributed by atoms with E-state index in [2.05, 4.69) is 21.3 Å². The number of fused-ring (bicyclic) bond motifs is 3. The molecule has 0 bridgehead atoms. The molecule has 0 aromatic heterocycles. The van der Waals surface area contributed by atoms with Crippen LogP contribution in [-0.2, 0) is 44.7 Å². The summed E-state index contributed by atoms with van der Waals surface area (Å²) in [5.74, 6) is -11.4. The monoisotopic (exact) mass is 774 g/mol. The molecule has 4 rings (SSSR count). The Labute approximate surface area is 320 Å². The molecule has 3 aromatic carbocycles. The van der Waals surface area contributed by atoms with E-state index in [0.29, 0.717) is 5.56 Å². The van der Waals surface area contributed by atoms with Gasteiger partial charge in [-0.2, -0.15) is 0 Å². The van der Waals surface area contributed by atoms with Crippen molar-refractivity contribution in [2.45, 2.75) is 62.7 Å². The van der Waals surface area contributed by atoms with Crippen molar-refractivity contribution in [3.8, 4) is 16.9 Å². The number of hydrogen-bond donors (Lipinski definition) is 9. The van der Waals surface area contributed by atoms with Gasteiger partial charge in [0, 0.05) is 18.8 Å². The van der Waals surface area contributed by atoms with Crippen molar-refractivity contribution in [1.29, 1.82) is 0 Å². The van der Waals surface area contributed by atoms with Crippen molar-refractivity contribution in [3.05, 3.63) is 89.5 Å². The molecule has 0 unspecified atom stereocenters. The van der Waals surface area contributed by atoms with Gasteiger partial charge in [0.25, 0.3) is 0 Å². The third-order valence-corrected chi connectivity index (χ3v) is 9.09. The Kier molecular flexibility index (Phi) is 13.3. The lowest BCUT2D eigenvalue weighted by molar-refractivity contribution is -0.155. The van der Waals surface area contributed by atoms with Gasteiger partial charge in [0.15, 0.2) is 5.92 Å². The van der Waals surface area contributed by atoms with Crippen molar-refractivity contribution < 1.29 is 58.4 Å². The quantitative estimate of drug-likeness (QED) is 0.0786. The number of benzene rings is 3. The van der Waals surface area contributed by atoms with Gasteiger partial charge in [0.2, 0.25) is 29.5 Å². The maximum absolute atomic E-state index is 13.9. The van der Waals surface area contributed by atoms with Crippen LogP contribution in [0.1, 0.15) is 49.3 Å². The molecular weight excluding hydrogens is 732 g/mol. The van der Waals surface area contributed by atoms with Crippen molar-refractivity contribution in [1.82, 2.24) is 21.3 Å². The second-order valence-corrected chi connectivity index (χ2v) is 13.6. The minimum absolute atomic E-state index is 0.114. The summed E-state index contributed by atoms with van der Waals surface area (Å²) in [7, 11) is 0. The van der Waals surface area contributed by atoms with Crippen LogP contribution in [0.15, 0.2) is 72.8 Å². The number of primary amides is 2. The zero-order valence-electron chi connectivity index (χ0n) is 30.3. The largest absolute Gasteiger partial charge is 0.508 e. The second-order valence-electron chi connectivity index (χ2n) is 13.6. The Balaban J connectivity index is 1.57. The SMILES string of the molecule is CC(C)(NC(=O)[C@H](Cc1ccc(O)cc1)NC(=O)[C@H](CC(C(=O)O)C(=O)O)NC(=O)OCC1c2ccccc2-c2ccccc21)C(=O)N[C@@H](CC(N)=O)C(N)=O. The topological polar surface area (TPSA) is 307 Å². The molecule has 3 atom stereocenters. The summed E-state index contributed by atoms with van der Waals surface area (Å²) in [4.78, 5) is 101. The lowest BCUT2D eigenvalue weighted by Crippen LogP contribution is -2.62. The summed E-state index contributed by atoms with van der Waals surface area (Å²) in [6.07, 6.45) is -3.06. The number of rotatable bonds is 18. The summed E-state index contributed by atoms with van der Waals surface area (Å²) in [5.41, 5.74) is 12.6. The molecule has 0 fully saturated rings. The minimum atomic E-state index is -2.18. The van der Waals surface area contributed by atoms with Crippen molar-refractivity contribution in [2.75, 3.05) is 6.61 Å². The van der Waals surface area contributed by atoms with Crippen LogP contribution < -0.4 is 32.7 Å². The van der Waals surface area contributed by atoms with E-state index in [1.54, 1.807) is 0 Å². The van der Waals surface area contributed by atoms with E-state index in [1.165, 1.54) is 38.1 Å². The van der Waals surface area contributed by atoms with Crippen molar-refractivity contribution in [2.24, 2.45) is 17.4 Å². The Morgan fingerprint density at radius 2 is 1.29 bits per heavy atom. The third-order valence-electron chi connectivity index (χ3n) is 9.09. The number of nitrogens with two attached hydrogens (primary N) is 2. The number of phenols is 1. The van der Waals surface area contributed by atoms with E-state index in [9.17, 15) is 53.7 Å². The summed E-state index contributed by atoms with van der Waals surface area (Å²) in [6.45, 7) is 2.29. The smallest absolute Gasteiger partial charge is 0.407 e. The normalized spacial score (nSPS) is 13.6. The number of carboxylic acid groups (broad SMARTS) is 2. The molecule has 0 saturated carbocycles. The first-order valence-electron chi connectivity index (χ1n) is 17.2. The van der Waals surface area contributed by atoms with Crippen LogP contribution in [0.5, 0.6) is 5.75 Å². The summed E-state index contributed by atoms with van der Waals surface area (Å²) in [6, 6.07) is 15.5. The maximum atomic E-state index is 13.9. The van der Waals surface area contributed by atoms with Gasteiger partial charge in [-0.05, 0) is 53.8 Å². The lowest BCUT2D eigenvalue weighted by Gasteiger charge is -2.30. The van der Waals surface area contributed by atoms with E-state index < -0.39 is 90.0 Å². The number of ether oxygens (including phenoxy) is 1. The Hall–Kier alpha value is -6.98. The number of alkyl carbamates (subject to hydrolysis) is 1. The molecule has 0 radical (unpaired) electrons. The van der Waals surface area contributed by atoms with E-state index in [4.69, 9.17) is 16.2 Å². The van der Waals surface area contributed by atoms with Gasteiger partial charge < -0.3 is 52.8 Å². The highest BCUT2D eigenvalue weighted by molar-refractivity contribution is 5.98. The summed E-state index contributed by atoms with van der Waals surface area (Å²) < 4.78 is 5.51. The molecular formula is C38H42N6O12. The van der Waals surface area contributed by atoms with E-state index in [1.807, 2.05) is 48.5 Å². The van der Waals surface area contributed by atoms with Crippen LogP contribution in [0.3, 0.4) is 0 Å². The lowest BCUT2D eigenvalue weighted by atomic mass is 9.97. The fourth-order valence-corrected chi connectivity index (χ4v) is 6.12. The van der Waals surface area contributed by atoms with Gasteiger partial charge in [-0.3, -0.25) is 33.6 Å². The maximum Gasteiger partial charge on any atom is 0.407 e. The van der Waals surface area contributed by atoms with Crippen LogP contribution >= 0.6 is 0 Å². The zero-order chi connectivity index (χ0) is 41.3. The third kappa shape index (κ3) is 10.6. The number of hydrogen-bond acceptors (Lipinski definition) is 10. The van der Waals surface area contributed by atoms with Crippen LogP contribution in [0.25, 0.3) is 11.1 Å². The predicted molar refractivity (Wildman–Crippen MR) is 196 cm³/mol. The first-order valence-corrected chi connectivity index (χ1v) is 17.2. The zero-order valence-corrected chi connectivity index (χ0v) is 30.3. The number of phenolic OH excluding ortho intramolecular Hbond substituents is 1. The molecule has 296 valence electrons. The van der Waals surface area contributed by atoms with Crippen LogP contribution in [-0.4, -0.2) is 93.2 Å². The van der Waals surface area contributed by atoms with Gasteiger partial charge in [-0.1, -0.05) is 60.7 Å². The molecule has 0 aliphatic heterocycles. The Morgan fingerprint density at radius 3 is 1.80 bits per heavy atom. The molecule has 0 saturated heterocycles. The minimum Gasteiger partial charge on any atom is -0.508 e. The number of nitrogens with one attached hydrogen (secondary N) is 4. The number of amides is 6. The van der Waals surface area contributed by atoms with Crippen LogP contribution in [0.4, 0.5) is 4.79 Å². The molecule has 0 spiro atoms. The number of aromatic hydroxyl groups is 1. The number of aliphatic carboxylic acids is 2. The predicted octanol–water partition coefficient (Wildman–Crippen LogP) is 0.243. The van der Waals surface area contributed by atoms with Crippen LogP contribution in [0, 0.1) is 5.92 Å². The average molecular weight is 775 g/mol. The molecule has 6 amide bonds. The van der Waals surface area contributed by atoms with Crippen LogP contribution in [0.2, 0.25) is 0 Å². The Bertz CT molecular complexity index is 1960. The molecule has 1 aliphatic rings. The molecule has 56 heavy (non-hydrogen) atoms. The molecule has 18 nitrogen and oxygen atoms in total. The number of carbonyl (C=O) groups is 8. The van der Waals surface area contributed by atoms with E-state index in [0.717, 1.165) is 22.3 Å². The highest BCUT2D eigenvalue weighted by Crippen LogP contribution is 2.44. The van der Waals surface area contributed by atoms with Crippen molar-refractivity contribution in [3.63, 3.8) is 0 Å². The van der Waals surface area contributed by atoms with E-state index >= 15 is 0 Å². The fraction of sp³-hybridized carbons (Fsp3) is 0.316. The molecule has 11 N–H and O–H groups in total. The van der Waals surface area contributed by atoms with E-state index in [-0.39, 0.29) is 24.7 Å². The molecule has 0 heterocycles.